The molecule has 0 radical (unpaired) electrons. The molecule has 2 fully saturated rings. The van der Waals surface area contributed by atoms with Crippen LogP contribution in [0.1, 0.15) is 24.8 Å². The maximum atomic E-state index is 12.2. The molecule has 26 heavy (non-hydrogen) atoms. The molecule has 1 unspecified atom stereocenters. The van der Waals surface area contributed by atoms with Crippen LogP contribution >= 0.6 is 11.8 Å². The van der Waals surface area contributed by atoms with Gasteiger partial charge in [0.1, 0.15) is 6.54 Å². The number of aryl methyl sites for hydroxylation is 1. The summed E-state index contributed by atoms with van der Waals surface area (Å²) in [5, 5.41) is 2.67. The third-order valence-corrected chi connectivity index (χ3v) is 5.65. The Balaban J connectivity index is 1.39. The van der Waals surface area contributed by atoms with Crippen LogP contribution in [0.5, 0.6) is 0 Å². The monoisotopic (exact) mass is 375 g/mol. The third kappa shape index (κ3) is 5.32. The number of amides is 3. The number of thioether (sulfide) groups is 1. The molecule has 0 bridgehead atoms. The van der Waals surface area contributed by atoms with Crippen molar-refractivity contribution in [3.05, 3.63) is 35.9 Å². The first-order valence-electron chi connectivity index (χ1n) is 9.14. The molecule has 2 saturated heterocycles. The summed E-state index contributed by atoms with van der Waals surface area (Å²) < 4.78 is 0. The second-order valence-electron chi connectivity index (χ2n) is 6.83. The highest BCUT2D eigenvalue weighted by Gasteiger charge is 2.32. The van der Waals surface area contributed by atoms with Crippen LogP contribution in [0.2, 0.25) is 0 Å². The van der Waals surface area contributed by atoms with Crippen molar-refractivity contribution in [3.63, 3.8) is 0 Å². The standard InChI is InChI=1S/C19H25N3O3S/c23-17(13-22-18(24)14-26-19(22)25)20-16-9-5-11-21(12-16)10-4-8-15-6-2-1-3-7-15/h1-3,6-7,16H,4-5,8-14H2,(H,20,23). The molecular formula is C19H25N3O3S. The molecule has 140 valence electrons. The molecule has 3 rings (SSSR count). The first kappa shape index (κ1) is 18.9. The topological polar surface area (TPSA) is 69.7 Å². The maximum Gasteiger partial charge on any atom is 0.289 e. The highest BCUT2D eigenvalue weighted by Crippen LogP contribution is 2.18. The van der Waals surface area contributed by atoms with Gasteiger partial charge < -0.3 is 10.2 Å². The van der Waals surface area contributed by atoms with E-state index in [1.165, 1.54) is 5.56 Å². The van der Waals surface area contributed by atoms with Gasteiger partial charge in [0.05, 0.1) is 5.75 Å². The van der Waals surface area contributed by atoms with Crippen molar-refractivity contribution in [2.24, 2.45) is 0 Å². The molecule has 0 spiro atoms. The van der Waals surface area contributed by atoms with Crippen molar-refractivity contribution < 1.29 is 14.4 Å². The number of carbonyl (C=O) groups is 3. The van der Waals surface area contributed by atoms with Crippen molar-refractivity contribution in [2.75, 3.05) is 31.9 Å². The van der Waals surface area contributed by atoms with Crippen molar-refractivity contribution in [2.45, 2.75) is 31.7 Å². The van der Waals surface area contributed by atoms with Crippen LogP contribution in [0.4, 0.5) is 4.79 Å². The third-order valence-electron chi connectivity index (χ3n) is 4.80. The van der Waals surface area contributed by atoms with Crippen LogP contribution in [-0.4, -0.2) is 64.8 Å². The lowest BCUT2D eigenvalue weighted by atomic mass is 10.0. The van der Waals surface area contributed by atoms with Crippen LogP contribution in [0.15, 0.2) is 30.3 Å². The summed E-state index contributed by atoms with van der Waals surface area (Å²) in [7, 11) is 0. The Labute approximate surface area is 158 Å². The van der Waals surface area contributed by atoms with Crippen molar-refractivity contribution >= 4 is 28.8 Å². The van der Waals surface area contributed by atoms with E-state index in [1.807, 2.05) is 6.07 Å². The van der Waals surface area contributed by atoms with Gasteiger partial charge in [-0.2, -0.15) is 0 Å². The van der Waals surface area contributed by atoms with Crippen molar-refractivity contribution in [3.8, 4) is 0 Å². The second-order valence-corrected chi connectivity index (χ2v) is 7.76. The summed E-state index contributed by atoms with van der Waals surface area (Å²) in [6.45, 7) is 2.74. The van der Waals surface area contributed by atoms with Gasteiger partial charge in [0, 0.05) is 12.6 Å². The van der Waals surface area contributed by atoms with Crippen LogP contribution in [0.25, 0.3) is 0 Å². The van der Waals surface area contributed by atoms with E-state index in [9.17, 15) is 14.4 Å². The van der Waals surface area contributed by atoms with Gasteiger partial charge in [0.25, 0.3) is 5.24 Å². The molecule has 2 aliphatic heterocycles. The van der Waals surface area contributed by atoms with Crippen molar-refractivity contribution in [1.82, 2.24) is 15.1 Å². The number of piperidine rings is 1. The molecule has 7 heteroatoms. The average Bonchev–Trinajstić information content (AvgIpc) is 2.95. The zero-order valence-corrected chi connectivity index (χ0v) is 15.7. The number of imide groups is 1. The molecule has 0 saturated carbocycles. The van der Waals surface area contributed by atoms with Gasteiger partial charge in [0.15, 0.2) is 0 Å². The highest BCUT2D eigenvalue weighted by atomic mass is 32.2. The normalized spacial score (nSPS) is 21.2. The van der Waals surface area contributed by atoms with Crippen molar-refractivity contribution in [1.29, 1.82) is 0 Å². The van der Waals surface area contributed by atoms with Crippen LogP contribution < -0.4 is 5.32 Å². The van der Waals surface area contributed by atoms with E-state index < -0.39 is 0 Å². The van der Waals surface area contributed by atoms with Gasteiger partial charge in [0.2, 0.25) is 11.8 Å². The van der Waals surface area contributed by atoms with Gasteiger partial charge in [-0.15, -0.1) is 0 Å². The Bertz CT molecular complexity index is 637. The second kappa shape index (κ2) is 9.19. The quantitative estimate of drug-likeness (QED) is 0.788. The molecule has 1 aromatic carbocycles. The molecule has 0 aliphatic carbocycles. The number of benzene rings is 1. The molecule has 0 aromatic heterocycles. The van der Waals surface area contributed by atoms with Crippen LogP contribution in [-0.2, 0) is 16.0 Å². The number of nitrogens with zero attached hydrogens (tertiary/aromatic N) is 2. The molecule has 3 amide bonds. The van der Waals surface area contributed by atoms with E-state index in [-0.39, 0.29) is 35.4 Å². The molecule has 1 aromatic rings. The fraction of sp³-hybridized carbons (Fsp3) is 0.526. The Morgan fingerprint density at radius 3 is 2.77 bits per heavy atom. The number of carbonyl (C=O) groups excluding carboxylic acids is 3. The fourth-order valence-electron chi connectivity index (χ4n) is 3.48. The van der Waals surface area contributed by atoms with Gasteiger partial charge in [-0.05, 0) is 44.3 Å². The van der Waals surface area contributed by atoms with Gasteiger partial charge >= 0.3 is 0 Å². The molecular weight excluding hydrogens is 350 g/mol. The summed E-state index contributed by atoms with van der Waals surface area (Å²) in [6.07, 6.45) is 4.15. The largest absolute Gasteiger partial charge is 0.351 e. The number of likely N-dealkylation sites (tertiary alicyclic amines) is 1. The molecule has 1 atom stereocenters. The predicted molar refractivity (Wildman–Crippen MR) is 102 cm³/mol. The lowest BCUT2D eigenvalue weighted by Gasteiger charge is -2.33. The number of rotatable bonds is 7. The Kier molecular flexibility index (Phi) is 6.68. The lowest BCUT2D eigenvalue weighted by Crippen LogP contribution is -2.50. The summed E-state index contributed by atoms with van der Waals surface area (Å²) in [5.41, 5.74) is 1.35. The molecule has 1 N–H and O–H groups in total. The van der Waals surface area contributed by atoms with E-state index in [4.69, 9.17) is 0 Å². The summed E-state index contributed by atoms with van der Waals surface area (Å²) in [5.74, 6) is -0.378. The average molecular weight is 375 g/mol. The molecule has 6 nitrogen and oxygen atoms in total. The first-order chi connectivity index (χ1) is 12.6. The number of hydrogen-bond donors (Lipinski definition) is 1. The number of hydrogen-bond acceptors (Lipinski definition) is 5. The zero-order valence-electron chi connectivity index (χ0n) is 14.9. The van der Waals surface area contributed by atoms with Gasteiger partial charge in [-0.1, -0.05) is 42.1 Å². The number of nitrogens with one attached hydrogen (secondary N) is 1. The summed E-state index contributed by atoms with van der Waals surface area (Å²) in [6, 6.07) is 10.6. The molecule has 2 heterocycles. The first-order valence-corrected chi connectivity index (χ1v) is 10.1. The Morgan fingerprint density at radius 2 is 2.04 bits per heavy atom. The van der Waals surface area contributed by atoms with E-state index in [2.05, 4.69) is 34.5 Å². The minimum atomic E-state index is -0.323. The van der Waals surface area contributed by atoms with E-state index >= 15 is 0 Å². The Morgan fingerprint density at radius 1 is 1.23 bits per heavy atom. The van der Waals surface area contributed by atoms with Crippen LogP contribution in [0, 0.1) is 0 Å². The lowest BCUT2D eigenvalue weighted by molar-refractivity contribution is -0.131. The van der Waals surface area contributed by atoms with Gasteiger partial charge in [-0.3, -0.25) is 19.3 Å². The zero-order chi connectivity index (χ0) is 18.4. The fourth-order valence-corrected chi connectivity index (χ4v) is 4.20. The van der Waals surface area contributed by atoms with E-state index in [0.29, 0.717) is 0 Å². The predicted octanol–water partition coefficient (Wildman–Crippen LogP) is 1.90. The van der Waals surface area contributed by atoms with Gasteiger partial charge in [-0.25, -0.2) is 0 Å². The minimum Gasteiger partial charge on any atom is -0.351 e. The van der Waals surface area contributed by atoms with Crippen LogP contribution in [0.3, 0.4) is 0 Å². The SMILES string of the molecule is O=C(CN1C(=O)CSC1=O)NC1CCCN(CCCc2ccccc2)C1. The minimum absolute atomic E-state index is 0.0911. The van der Waals surface area contributed by atoms with E-state index in [1.54, 1.807) is 0 Å². The summed E-state index contributed by atoms with van der Waals surface area (Å²) >= 11 is 0.958. The maximum absolute atomic E-state index is 12.2. The smallest absolute Gasteiger partial charge is 0.289 e. The molecule has 2 aliphatic rings. The summed E-state index contributed by atoms with van der Waals surface area (Å²) in [4.78, 5) is 38.8. The highest BCUT2D eigenvalue weighted by molar-refractivity contribution is 8.14. The van der Waals surface area contributed by atoms with E-state index in [0.717, 1.165) is 62.0 Å². The Hall–Kier alpha value is -1.86.